The number of hydrogen-bond donors (Lipinski definition) is 0. The van der Waals surface area contributed by atoms with Crippen LogP contribution in [-0.2, 0) is 4.74 Å². The molecule has 0 aliphatic heterocycles. The molecule has 2 aromatic heterocycles. The number of nitrogens with zero attached hydrogens (tertiary/aromatic N) is 3. The first kappa shape index (κ1) is 8.96. The summed E-state index contributed by atoms with van der Waals surface area (Å²) in [5.74, 6) is -0.477. The molecule has 0 aromatic carbocycles. The zero-order valence-electron chi connectivity index (χ0n) is 7.27. The van der Waals surface area contributed by atoms with E-state index in [2.05, 4.69) is 14.8 Å². The summed E-state index contributed by atoms with van der Waals surface area (Å²) in [5.41, 5.74) is 0.694. The number of carbonyl (C=O) groups excluding carboxylic acids is 1. The lowest BCUT2D eigenvalue weighted by Gasteiger charge is -1.96. The van der Waals surface area contributed by atoms with Crippen molar-refractivity contribution in [1.82, 2.24) is 14.6 Å². The summed E-state index contributed by atoms with van der Waals surface area (Å²) in [7, 11) is 1.30. The zero-order chi connectivity index (χ0) is 10.1. The van der Waals surface area contributed by atoms with E-state index >= 15 is 0 Å². The Morgan fingerprint density at radius 2 is 2.43 bits per heavy atom. The average molecular weight is 212 g/mol. The Morgan fingerprint density at radius 3 is 3.14 bits per heavy atom. The van der Waals surface area contributed by atoms with Crippen molar-refractivity contribution in [1.29, 1.82) is 0 Å². The zero-order valence-corrected chi connectivity index (χ0v) is 8.02. The van der Waals surface area contributed by atoms with Crippen molar-refractivity contribution < 1.29 is 9.53 Å². The van der Waals surface area contributed by atoms with Crippen molar-refractivity contribution in [2.24, 2.45) is 0 Å². The van der Waals surface area contributed by atoms with Crippen LogP contribution in [0.15, 0.2) is 18.5 Å². The third kappa shape index (κ3) is 1.22. The van der Waals surface area contributed by atoms with Gasteiger partial charge in [0.15, 0.2) is 5.65 Å². The molecule has 72 valence electrons. The Labute approximate surface area is 84.3 Å². The van der Waals surface area contributed by atoms with Crippen molar-refractivity contribution in [3.8, 4) is 0 Å². The smallest absolute Gasteiger partial charge is 0.343 e. The molecule has 2 rings (SSSR count). The lowest BCUT2D eigenvalue weighted by atomic mass is 10.3. The third-order valence-electron chi connectivity index (χ3n) is 1.76. The molecule has 0 amide bonds. The van der Waals surface area contributed by atoms with Gasteiger partial charge < -0.3 is 4.74 Å². The van der Waals surface area contributed by atoms with Crippen LogP contribution in [0.1, 0.15) is 10.4 Å². The predicted octanol–water partition coefficient (Wildman–Crippen LogP) is 1.17. The second-order valence-electron chi connectivity index (χ2n) is 2.55. The molecule has 0 N–H and O–H groups in total. The minimum absolute atomic E-state index is 0.301. The van der Waals surface area contributed by atoms with Gasteiger partial charge in [0, 0.05) is 6.20 Å². The predicted molar refractivity (Wildman–Crippen MR) is 49.3 cm³/mol. The molecule has 14 heavy (non-hydrogen) atoms. The number of halogens is 1. The van der Waals surface area contributed by atoms with Gasteiger partial charge >= 0.3 is 5.97 Å². The molecule has 0 spiro atoms. The summed E-state index contributed by atoms with van der Waals surface area (Å²) >= 11 is 5.83. The van der Waals surface area contributed by atoms with Crippen molar-refractivity contribution in [2.45, 2.75) is 0 Å². The number of aromatic nitrogens is 3. The van der Waals surface area contributed by atoms with Crippen LogP contribution in [0.5, 0.6) is 0 Å². The Bertz CT molecular complexity index is 494. The minimum Gasteiger partial charge on any atom is -0.465 e. The highest BCUT2D eigenvalue weighted by Crippen LogP contribution is 2.13. The standard InChI is InChI=1S/C8H6ClN3O2/c1-14-8(13)5-4-11-12-6(9)2-3-10-7(5)12/h2-4H,1H3. The van der Waals surface area contributed by atoms with Crippen molar-refractivity contribution in [3.05, 3.63) is 29.2 Å². The number of rotatable bonds is 1. The summed E-state index contributed by atoms with van der Waals surface area (Å²) in [6.45, 7) is 0. The number of fused-ring (bicyclic) bond motifs is 1. The number of methoxy groups -OCH3 is 1. The van der Waals surface area contributed by atoms with Gasteiger partial charge in [0.1, 0.15) is 10.7 Å². The number of ether oxygens (including phenoxy) is 1. The molecule has 2 heterocycles. The minimum atomic E-state index is -0.477. The van der Waals surface area contributed by atoms with Gasteiger partial charge in [-0.25, -0.2) is 14.3 Å². The highest BCUT2D eigenvalue weighted by molar-refractivity contribution is 6.29. The van der Waals surface area contributed by atoms with Gasteiger partial charge in [-0.15, -0.1) is 0 Å². The fraction of sp³-hybridized carbons (Fsp3) is 0.125. The molecule has 0 atom stereocenters. The monoisotopic (exact) mass is 211 g/mol. The van der Waals surface area contributed by atoms with Gasteiger partial charge in [-0.1, -0.05) is 11.6 Å². The van der Waals surface area contributed by atoms with E-state index in [1.807, 2.05) is 0 Å². The number of hydrogen-bond acceptors (Lipinski definition) is 4. The van der Waals surface area contributed by atoms with E-state index in [1.54, 1.807) is 6.07 Å². The van der Waals surface area contributed by atoms with Crippen molar-refractivity contribution >= 4 is 23.2 Å². The molecule has 2 aromatic rings. The largest absolute Gasteiger partial charge is 0.465 e. The van der Waals surface area contributed by atoms with Crippen LogP contribution in [0.25, 0.3) is 5.65 Å². The quantitative estimate of drug-likeness (QED) is 0.525. The van der Waals surface area contributed by atoms with Crippen LogP contribution >= 0.6 is 11.6 Å². The first-order valence-electron chi connectivity index (χ1n) is 3.80. The molecule has 0 fully saturated rings. The molecule has 0 saturated carbocycles. The van der Waals surface area contributed by atoms with Crippen molar-refractivity contribution in [3.63, 3.8) is 0 Å². The van der Waals surface area contributed by atoms with E-state index in [0.29, 0.717) is 16.4 Å². The van der Waals surface area contributed by atoms with Crippen LogP contribution in [-0.4, -0.2) is 27.7 Å². The maximum absolute atomic E-state index is 11.2. The third-order valence-corrected chi connectivity index (χ3v) is 2.05. The van der Waals surface area contributed by atoms with Gasteiger partial charge in [-0.2, -0.15) is 5.10 Å². The summed E-state index contributed by atoms with van der Waals surface area (Å²) in [6, 6.07) is 1.59. The molecule has 0 saturated heterocycles. The lowest BCUT2D eigenvalue weighted by Crippen LogP contribution is -2.01. The van der Waals surface area contributed by atoms with E-state index in [1.165, 1.54) is 24.0 Å². The topological polar surface area (TPSA) is 56.5 Å². The second-order valence-corrected chi connectivity index (χ2v) is 2.94. The fourth-order valence-corrected chi connectivity index (χ4v) is 1.30. The number of carbonyl (C=O) groups is 1. The first-order valence-corrected chi connectivity index (χ1v) is 4.18. The Kier molecular flexibility index (Phi) is 2.09. The van der Waals surface area contributed by atoms with E-state index < -0.39 is 5.97 Å². The molecule has 0 radical (unpaired) electrons. The maximum atomic E-state index is 11.2. The van der Waals surface area contributed by atoms with E-state index in [4.69, 9.17) is 11.6 Å². The maximum Gasteiger partial charge on any atom is 0.343 e. The highest BCUT2D eigenvalue weighted by Gasteiger charge is 2.14. The first-order chi connectivity index (χ1) is 6.74. The van der Waals surface area contributed by atoms with Crippen LogP contribution in [0.2, 0.25) is 5.15 Å². The summed E-state index contributed by atoms with van der Waals surface area (Å²) < 4.78 is 5.94. The molecule has 6 heteroatoms. The van der Waals surface area contributed by atoms with E-state index in [-0.39, 0.29) is 0 Å². The van der Waals surface area contributed by atoms with E-state index in [0.717, 1.165) is 0 Å². The molecule has 0 aliphatic carbocycles. The van der Waals surface area contributed by atoms with Crippen LogP contribution in [0, 0.1) is 0 Å². The average Bonchev–Trinajstić information content (AvgIpc) is 2.62. The van der Waals surface area contributed by atoms with Crippen LogP contribution in [0.3, 0.4) is 0 Å². The Balaban J connectivity index is 2.70. The van der Waals surface area contributed by atoms with Crippen molar-refractivity contribution in [2.75, 3.05) is 7.11 Å². The normalized spacial score (nSPS) is 10.4. The lowest BCUT2D eigenvalue weighted by molar-refractivity contribution is 0.0602. The molecule has 0 bridgehead atoms. The Morgan fingerprint density at radius 1 is 1.64 bits per heavy atom. The summed E-state index contributed by atoms with van der Waals surface area (Å²) in [4.78, 5) is 15.2. The molecular weight excluding hydrogens is 206 g/mol. The molecule has 5 nitrogen and oxygen atoms in total. The summed E-state index contributed by atoms with van der Waals surface area (Å²) in [6.07, 6.45) is 2.88. The van der Waals surface area contributed by atoms with Gasteiger partial charge in [0.2, 0.25) is 0 Å². The SMILES string of the molecule is COC(=O)c1cnn2c(Cl)ccnc12. The van der Waals surface area contributed by atoms with Gasteiger partial charge in [-0.3, -0.25) is 0 Å². The second kappa shape index (κ2) is 3.26. The highest BCUT2D eigenvalue weighted by atomic mass is 35.5. The van der Waals surface area contributed by atoms with Gasteiger partial charge in [0.25, 0.3) is 0 Å². The molecule has 0 unspecified atom stereocenters. The molecule has 0 aliphatic rings. The fourth-order valence-electron chi connectivity index (χ4n) is 1.12. The summed E-state index contributed by atoms with van der Waals surface area (Å²) in [5, 5.41) is 4.30. The van der Waals surface area contributed by atoms with Crippen LogP contribution < -0.4 is 0 Å². The van der Waals surface area contributed by atoms with Gasteiger partial charge in [-0.05, 0) is 6.07 Å². The van der Waals surface area contributed by atoms with E-state index in [9.17, 15) is 4.79 Å². The molecular formula is C8H6ClN3O2. The van der Waals surface area contributed by atoms with Gasteiger partial charge in [0.05, 0.1) is 13.3 Å². The van der Waals surface area contributed by atoms with Crippen LogP contribution in [0.4, 0.5) is 0 Å². The Hall–Kier alpha value is -1.62. The number of esters is 1.